The Bertz CT molecular complexity index is 821. The Hall–Kier alpha value is -2.33. The number of nitrogens with zero attached hydrogens (tertiary/aromatic N) is 1. The summed E-state index contributed by atoms with van der Waals surface area (Å²) in [7, 11) is 0. The number of ether oxygens (including phenoxy) is 1. The van der Waals surface area contributed by atoms with Crippen LogP contribution in [0.25, 0.3) is 0 Å². The third-order valence-corrected chi connectivity index (χ3v) is 6.20. The Kier molecular flexibility index (Phi) is 7.92. The van der Waals surface area contributed by atoms with Crippen LogP contribution < -0.4 is 10.1 Å². The summed E-state index contributed by atoms with van der Waals surface area (Å²) in [6.07, 6.45) is 2.64. The quantitative estimate of drug-likeness (QED) is 0.695. The molecule has 0 radical (unpaired) electrons. The van der Waals surface area contributed by atoms with Gasteiger partial charge in [-0.3, -0.25) is 9.69 Å². The molecule has 0 unspecified atom stereocenters. The lowest BCUT2D eigenvalue weighted by molar-refractivity contribution is 0.0965. The van der Waals surface area contributed by atoms with Gasteiger partial charge in [0.15, 0.2) is 0 Å². The van der Waals surface area contributed by atoms with Gasteiger partial charge < -0.3 is 10.1 Å². The normalized spacial score (nSPS) is 16.6. The van der Waals surface area contributed by atoms with E-state index in [-0.39, 0.29) is 5.91 Å². The van der Waals surface area contributed by atoms with E-state index in [2.05, 4.69) is 48.3 Å². The molecule has 0 aromatic heterocycles. The summed E-state index contributed by atoms with van der Waals surface area (Å²) in [5, 5.41) is 2.85. The molecule has 1 saturated heterocycles. The maximum atomic E-state index is 11.8. The van der Waals surface area contributed by atoms with Crippen LogP contribution in [0, 0.1) is 11.8 Å². The molecular weight excluding hydrogens is 372 g/mol. The first-order valence-electron chi connectivity index (χ1n) is 11.4. The van der Waals surface area contributed by atoms with E-state index in [9.17, 15) is 4.79 Å². The lowest BCUT2D eigenvalue weighted by Crippen LogP contribution is -2.34. The third-order valence-electron chi connectivity index (χ3n) is 6.20. The van der Waals surface area contributed by atoms with Crippen LogP contribution in [0.2, 0.25) is 0 Å². The predicted molar refractivity (Wildman–Crippen MR) is 123 cm³/mol. The second kappa shape index (κ2) is 10.6. The smallest absolute Gasteiger partial charge is 0.252 e. The standard InChI is InChI=1S/C24H30N2O2.C2H6/c1-17(2)20-10-12-26(13-11-20)15-18-6-8-19(9-7-18)16-28-23-5-3-4-21-22(23)14-25-24(21)27;1-2/h3-9,17,20H,10-16H2,1-2H3,(H,25,27);1-2H3. The van der Waals surface area contributed by atoms with Crippen molar-refractivity contribution in [3.05, 3.63) is 64.7 Å². The van der Waals surface area contributed by atoms with Crippen molar-refractivity contribution in [1.82, 2.24) is 10.2 Å². The number of rotatable bonds is 6. The highest BCUT2D eigenvalue weighted by Gasteiger charge is 2.22. The minimum Gasteiger partial charge on any atom is -0.489 e. The molecule has 1 N–H and O–H groups in total. The Labute approximate surface area is 181 Å². The van der Waals surface area contributed by atoms with E-state index in [0.29, 0.717) is 13.2 Å². The number of amides is 1. The summed E-state index contributed by atoms with van der Waals surface area (Å²) in [4.78, 5) is 14.3. The zero-order chi connectivity index (χ0) is 21.5. The Morgan fingerprint density at radius 2 is 1.70 bits per heavy atom. The first kappa shape index (κ1) is 22.4. The fourth-order valence-corrected chi connectivity index (χ4v) is 4.30. The molecule has 1 fully saturated rings. The van der Waals surface area contributed by atoms with Gasteiger partial charge in [-0.05, 0) is 61.0 Å². The van der Waals surface area contributed by atoms with E-state index in [0.717, 1.165) is 40.8 Å². The molecule has 0 saturated carbocycles. The lowest BCUT2D eigenvalue weighted by Gasteiger charge is -2.33. The monoisotopic (exact) mass is 408 g/mol. The van der Waals surface area contributed by atoms with Gasteiger partial charge in [0.25, 0.3) is 5.91 Å². The molecule has 162 valence electrons. The SMILES string of the molecule is CC.CC(C)C1CCN(Cc2ccc(COc3cccc4c3CNC4=O)cc2)CC1. The summed E-state index contributed by atoms with van der Waals surface area (Å²) < 4.78 is 6.00. The van der Waals surface area contributed by atoms with Gasteiger partial charge in [-0.2, -0.15) is 0 Å². The van der Waals surface area contributed by atoms with Crippen molar-refractivity contribution in [3.8, 4) is 5.75 Å². The summed E-state index contributed by atoms with van der Waals surface area (Å²) in [6, 6.07) is 14.4. The first-order chi connectivity index (χ1) is 14.6. The number of hydrogen-bond donors (Lipinski definition) is 1. The van der Waals surface area contributed by atoms with Gasteiger partial charge in [0.05, 0.1) is 0 Å². The van der Waals surface area contributed by atoms with Crippen molar-refractivity contribution >= 4 is 5.91 Å². The summed E-state index contributed by atoms with van der Waals surface area (Å²) >= 11 is 0. The highest BCUT2D eigenvalue weighted by molar-refractivity contribution is 5.99. The summed E-state index contributed by atoms with van der Waals surface area (Å²) in [6.45, 7) is 13.2. The van der Waals surface area contributed by atoms with Gasteiger partial charge in [0.2, 0.25) is 0 Å². The van der Waals surface area contributed by atoms with Crippen molar-refractivity contribution < 1.29 is 9.53 Å². The molecular formula is C26H36N2O2. The fourth-order valence-electron chi connectivity index (χ4n) is 4.30. The van der Waals surface area contributed by atoms with Gasteiger partial charge in [0.1, 0.15) is 12.4 Å². The number of nitrogens with one attached hydrogen (secondary N) is 1. The van der Waals surface area contributed by atoms with Crippen LogP contribution in [0.15, 0.2) is 42.5 Å². The number of likely N-dealkylation sites (tertiary alicyclic amines) is 1. The van der Waals surface area contributed by atoms with Crippen molar-refractivity contribution in [1.29, 1.82) is 0 Å². The molecule has 2 aliphatic rings. The second-order valence-electron chi connectivity index (χ2n) is 8.43. The average molecular weight is 409 g/mol. The highest BCUT2D eigenvalue weighted by Crippen LogP contribution is 2.27. The second-order valence-corrected chi connectivity index (χ2v) is 8.43. The molecule has 1 amide bonds. The topological polar surface area (TPSA) is 41.6 Å². The van der Waals surface area contributed by atoms with Crippen molar-refractivity contribution in [2.24, 2.45) is 11.8 Å². The predicted octanol–water partition coefficient (Wildman–Crippen LogP) is 5.40. The van der Waals surface area contributed by atoms with E-state index in [1.54, 1.807) is 0 Å². The van der Waals surface area contributed by atoms with Gasteiger partial charge in [-0.25, -0.2) is 0 Å². The highest BCUT2D eigenvalue weighted by atomic mass is 16.5. The molecule has 4 heteroatoms. The van der Waals surface area contributed by atoms with Crippen LogP contribution in [-0.2, 0) is 19.7 Å². The fraction of sp³-hybridized carbons (Fsp3) is 0.500. The van der Waals surface area contributed by atoms with Gasteiger partial charge >= 0.3 is 0 Å². The maximum Gasteiger partial charge on any atom is 0.252 e. The molecule has 0 aliphatic carbocycles. The minimum absolute atomic E-state index is 0.0118. The van der Waals surface area contributed by atoms with Crippen molar-refractivity contribution in [3.63, 3.8) is 0 Å². The molecule has 0 atom stereocenters. The average Bonchev–Trinajstić information content (AvgIpc) is 3.16. The number of benzene rings is 2. The van der Waals surface area contributed by atoms with E-state index >= 15 is 0 Å². The molecule has 30 heavy (non-hydrogen) atoms. The molecule has 2 aromatic carbocycles. The van der Waals surface area contributed by atoms with Crippen molar-refractivity contribution in [2.75, 3.05) is 13.1 Å². The summed E-state index contributed by atoms with van der Waals surface area (Å²) in [5.74, 6) is 2.48. The zero-order valence-electron chi connectivity index (χ0n) is 18.9. The first-order valence-corrected chi connectivity index (χ1v) is 11.4. The van der Waals surface area contributed by atoms with E-state index in [4.69, 9.17) is 4.74 Å². The number of carbonyl (C=O) groups is 1. The summed E-state index contributed by atoms with van der Waals surface area (Å²) in [5.41, 5.74) is 4.21. The van der Waals surface area contributed by atoms with Crippen LogP contribution in [0.3, 0.4) is 0 Å². The zero-order valence-corrected chi connectivity index (χ0v) is 18.9. The van der Waals surface area contributed by atoms with Crippen LogP contribution in [0.4, 0.5) is 0 Å². The number of carbonyl (C=O) groups excluding carboxylic acids is 1. The number of hydrogen-bond acceptors (Lipinski definition) is 3. The van der Waals surface area contributed by atoms with Gasteiger partial charge in [-0.15, -0.1) is 0 Å². The van der Waals surface area contributed by atoms with E-state index in [1.165, 1.54) is 31.5 Å². The molecule has 2 aliphatic heterocycles. The largest absolute Gasteiger partial charge is 0.489 e. The van der Waals surface area contributed by atoms with Crippen molar-refractivity contribution in [2.45, 2.75) is 60.2 Å². The Balaban J connectivity index is 0.00000124. The van der Waals surface area contributed by atoms with Crippen LogP contribution >= 0.6 is 0 Å². The molecule has 4 rings (SSSR count). The third kappa shape index (κ3) is 5.42. The van der Waals surface area contributed by atoms with E-state index in [1.807, 2.05) is 32.0 Å². The Morgan fingerprint density at radius 1 is 1.03 bits per heavy atom. The number of fused-ring (bicyclic) bond motifs is 1. The molecule has 4 nitrogen and oxygen atoms in total. The van der Waals surface area contributed by atoms with Crippen LogP contribution in [-0.4, -0.2) is 23.9 Å². The molecule has 0 spiro atoms. The minimum atomic E-state index is -0.0118. The van der Waals surface area contributed by atoms with Gasteiger partial charge in [-0.1, -0.05) is 58.0 Å². The Morgan fingerprint density at radius 3 is 2.37 bits per heavy atom. The van der Waals surface area contributed by atoms with Crippen LogP contribution in [0.5, 0.6) is 5.75 Å². The van der Waals surface area contributed by atoms with Crippen LogP contribution in [0.1, 0.15) is 67.6 Å². The van der Waals surface area contributed by atoms with Gasteiger partial charge in [0, 0.05) is 24.2 Å². The molecule has 0 bridgehead atoms. The van der Waals surface area contributed by atoms with E-state index < -0.39 is 0 Å². The molecule has 2 heterocycles. The number of piperidine rings is 1. The lowest BCUT2D eigenvalue weighted by atomic mass is 9.86. The molecule has 2 aromatic rings. The maximum absolute atomic E-state index is 11.8.